The van der Waals surface area contributed by atoms with E-state index in [1.807, 2.05) is 24.3 Å². The molecule has 2 aromatic rings. The first-order valence-corrected chi connectivity index (χ1v) is 10.5. The molecule has 2 atom stereocenters. The third kappa shape index (κ3) is 4.83. The molecule has 0 radical (unpaired) electrons. The van der Waals surface area contributed by atoms with Crippen LogP contribution in [0.1, 0.15) is 72.8 Å². The molecule has 7 nitrogen and oxygen atoms in total. The van der Waals surface area contributed by atoms with Crippen LogP contribution in [0.4, 0.5) is 5.69 Å². The van der Waals surface area contributed by atoms with Crippen LogP contribution in [-0.2, 0) is 6.54 Å². The quantitative estimate of drug-likeness (QED) is 0.522. The standard InChI is InChI=1S/C22H30N4O3/c1-4-5-7-18-8-6-9-20(18)23-22(27)19-12-10-17(11-13-19)14-25-16(3)21(26(28)29)15(2)24-25/h10-13,18,20H,4-9,14H2,1-3H3,(H,23,27). The first kappa shape index (κ1) is 21.0. The molecule has 2 unspecified atom stereocenters. The fourth-order valence-corrected chi connectivity index (χ4v) is 4.33. The maximum atomic E-state index is 12.7. The number of aromatic nitrogens is 2. The zero-order chi connectivity index (χ0) is 21.0. The van der Waals surface area contributed by atoms with Gasteiger partial charge in [-0.3, -0.25) is 19.6 Å². The summed E-state index contributed by atoms with van der Waals surface area (Å²) in [6, 6.07) is 7.70. The Bertz CT molecular complexity index is 873. The molecule has 1 fully saturated rings. The van der Waals surface area contributed by atoms with Gasteiger partial charge >= 0.3 is 5.69 Å². The number of nitrogens with zero attached hydrogens (tertiary/aromatic N) is 3. The lowest BCUT2D eigenvalue weighted by molar-refractivity contribution is -0.386. The zero-order valence-electron chi connectivity index (χ0n) is 17.5. The van der Waals surface area contributed by atoms with Crippen LogP contribution in [0.5, 0.6) is 0 Å². The van der Waals surface area contributed by atoms with Crippen LogP contribution in [0.15, 0.2) is 24.3 Å². The average molecular weight is 399 g/mol. The third-order valence-electron chi connectivity index (χ3n) is 5.98. The van der Waals surface area contributed by atoms with E-state index in [1.165, 1.54) is 32.1 Å². The van der Waals surface area contributed by atoms with Crippen molar-refractivity contribution >= 4 is 11.6 Å². The van der Waals surface area contributed by atoms with Crippen LogP contribution in [0, 0.1) is 29.9 Å². The molecule has 1 heterocycles. The van der Waals surface area contributed by atoms with Gasteiger partial charge in [-0.05, 0) is 56.7 Å². The normalized spacial score (nSPS) is 18.7. The lowest BCUT2D eigenvalue weighted by atomic mass is 9.96. The van der Waals surface area contributed by atoms with E-state index in [1.54, 1.807) is 18.5 Å². The fourth-order valence-electron chi connectivity index (χ4n) is 4.33. The molecule has 1 aliphatic carbocycles. The second kappa shape index (κ2) is 9.20. The second-order valence-corrected chi connectivity index (χ2v) is 8.04. The van der Waals surface area contributed by atoms with Crippen molar-refractivity contribution in [3.05, 3.63) is 56.9 Å². The van der Waals surface area contributed by atoms with Crippen molar-refractivity contribution in [2.75, 3.05) is 0 Å². The Balaban J connectivity index is 1.63. The van der Waals surface area contributed by atoms with E-state index in [0.29, 0.717) is 29.4 Å². The van der Waals surface area contributed by atoms with Gasteiger partial charge in [-0.1, -0.05) is 38.3 Å². The lowest BCUT2D eigenvalue weighted by Gasteiger charge is -2.21. The van der Waals surface area contributed by atoms with Gasteiger partial charge in [-0.25, -0.2) is 0 Å². The van der Waals surface area contributed by atoms with Crippen LogP contribution < -0.4 is 5.32 Å². The van der Waals surface area contributed by atoms with E-state index in [0.717, 1.165) is 12.0 Å². The molecule has 0 bridgehead atoms. The van der Waals surface area contributed by atoms with E-state index in [2.05, 4.69) is 17.3 Å². The number of carbonyl (C=O) groups excluding carboxylic acids is 1. The Morgan fingerprint density at radius 2 is 2.00 bits per heavy atom. The molecule has 0 saturated heterocycles. The number of aryl methyl sites for hydroxylation is 1. The summed E-state index contributed by atoms with van der Waals surface area (Å²) in [7, 11) is 0. The number of nitrogens with one attached hydrogen (secondary N) is 1. The Labute approximate surface area is 171 Å². The summed E-state index contributed by atoms with van der Waals surface area (Å²) in [5.74, 6) is 0.576. The number of rotatable bonds is 8. The number of carbonyl (C=O) groups is 1. The van der Waals surface area contributed by atoms with E-state index in [9.17, 15) is 14.9 Å². The number of hydrogen-bond acceptors (Lipinski definition) is 4. The maximum absolute atomic E-state index is 12.7. The molecule has 1 saturated carbocycles. The first-order chi connectivity index (χ1) is 13.9. The molecule has 29 heavy (non-hydrogen) atoms. The number of nitro groups is 1. The third-order valence-corrected chi connectivity index (χ3v) is 5.98. The van der Waals surface area contributed by atoms with Crippen molar-refractivity contribution < 1.29 is 9.72 Å². The molecule has 1 aromatic heterocycles. The summed E-state index contributed by atoms with van der Waals surface area (Å²) in [5.41, 5.74) is 2.61. The molecule has 156 valence electrons. The van der Waals surface area contributed by atoms with E-state index in [4.69, 9.17) is 0 Å². The highest BCUT2D eigenvalue weighted by molar-refractivity contribution is 5.94. The van der Waals surface area contributed by atoms with Gasteiger partial charge in [-0.2, -0.15) is 5.10 Å². The fraction of sp³-hybridized carbons (Fsp3) is 0.545. The van der Waals surface area contributed by atoms with Gasteiger partial charge in [-0.15, -0.1) is 0 Å². The van der Waals surface area contributed by atoms with Gasteiger partial charge in [0.25, 0.3) is 5.91 Å². The highest BCUT2D eigenvalue weighted by atomic mass is 16.6. The largest absolute Gasteiger partial charge is 0.349 e. The molecule has 1 aliphatic rings. The summed E-state index contributed by atoms with van der Waals surface area (Å²) in [6.45, 7) is 5.99. The average Bonchev–Trinajstić information content (AvgIpc) is 3.24. The minimum atomic E-state index is -0.390. The number of hydrogen-bond donors (Lipinski definition) is 1. The summed E-state index contributed by atoms with van der Waals surface area (Å²) in [4.78, 5) is 23.4. The van der Waals surface area contributed by atoms with Gasteiger partial charge in [0.2, 0.25) is 0 Å². The van der Waals surface area contributed by atoms with Gasteiger partial charge in [0.15, 0.2) is 0 Å². The molecule has 0 aliphatic heterocycles. The molecule has 3 rings (SSSR count). The SMILES string of the molecule is CCCCC1CCCC1NC(=O)c1ccc(Cn2nc(C)c([N+](=O)[O-])c2C)cc1. The number of amides is 1. The van der Waals surface area contributed by atoms with Gasteiger partial charge in [0.05, 0.1) is 11.5 Å². The lowest BCUT2D eigenvalue weighted by Crippen LogP contribution is -2.37. The van der Waals surface area contributed by atoms with E-state index >= 15 is 0 Å². The summed E-state index contributed by atoms with van der Waals surface area (Å²) in [6.07, 6.45) is 7.06. The second-order valence-electron chi connectivity index (χ2n) is 8.04. The first-order valence-electron chi connectivity index (χ1n) is 10.5. The van der Waals surface area contributed by atoms with Crippen LogP contribution in [0.2, 0.25) is 0 Å². The Hall–Kier alpha value is -2.70. The molecule has 1 N–H and O–H groups in total. The molecule has 1 amide bonds. The zero-order valence-corrected chi connectivity index (χ0v) is 17.5. The van der Waals surface area contributed by atoms with Crippen LogP contribution >= 0.6 is 0 Å². The number of benzene rings is 1. The highest BCUT2D eigenvalue weighted by Crippen LogP contribution is 2.30. The predicted molar refractivity (Wildman–Crippen MR) is 112 cm³/mol. The predicted octanol–water partition coefficient (Wildman–Crippen LogP) is 4.55. The van der Waals surface area contributed by atoms with Gasteiger partial charge in [0, 0.05) is 11.6 Å². The van der Waals surface area contributed by atoms with Crippen molar-refractivity contribution in [2.24, 2.45) is 5.92 Å². The van der Waals surface area contributed by atoms with E-state index < -0.39 is 4.92 Å². The molecular weight excluding hydrogens is 368 g/mol. The molecule has 0 spiro atoms. The van der Waals surface area contributed by atoms with Crippen molar-refractivity contribution in [1.82, 2.24) is 15.1 Å². The summed E-state index contributed by atoms with van der Waals surface area (Å²) in [5, 5.41) is 18.7. The van der Waals surface area contributed by atoms with Gasteiger partial charge in [0.1, 0.15) is 11.4 Å². The summed E-state index contributed by atoms with van der Waals surface area (Å²) < 4.78 is 1.64. The smallest absolute Gasteiger partial charge is 0.312 e. The Morgan fingerprint density at radius 3 is 2.62 bits per heavy atom. The summed E-state index contributed by atoms with van der Waals surface area (Å²) >= 11 is 0. The van der Waals surface area contributed by atoms with Crippen LogP contribution in [0.25, 0.3) is 0 Å². The Kier molecular flexibility index (Phi) is 6.67. The Morgan fingerprint density at radius 1 is 1.28 bits per heavy atom. The van der Waals surface area contributed by atoms with Crippen molar-refractivity contribution in [3.63, 3.8) is 0 Å². The molecule has 1 aromatic carbocycles. The van der Waals surface area contributed by atoms with Crippen molar-refractivity contribution in [1.29, 1.82) is 0 Å². The van der Waals surface area contributed by atoms with E-state index in [-0.39, 0.29) is 17.6 Å². The topological polar surface area (TPSA) is 90.1 Å². The van der Waals surface area contributed by atoms with Crippen LogP contribution in [0.3, 0.4) is 0 Å². The minimum absolute atomic E-state index is 0.0216. The van der Waals surface area contributed by atoms with Crippen LogP contribution in [-0.4, -0.2) is 26.7 Å². The highest BCUT2D eigenvalue weighted by Gasteiger charge is 2.28. The maximum Gasteiger partial charge on any atom is 0.312 e. The molecular formula is C22H30N4O3. The number of unbranched alkanes of at least 4 members (excludes halogenated alkanes) is 1. The van der Waals surface area contributed by atoms with Crippen molar-refractivity contribution in [2.45, 2.75) is 71.9 Å². The van der Waals surface area contributed by atoms with Crippen molar-refractivity contribution in [3.8, 4) is 0 Å². The molecule has 7 heteroatoms. The monoisotopic (exact) mass is 398 g/mol. The van der Waals surface area contributed by atoms with Gasteiger partial charge < -0.3 is 5.32 Å². The minimum Gasteiger partial charge on any atom is -0.349 e.